The lowest BCUT2D eigenvalue weighted by molar-refractivity contribution is -0.135. The fraction of sp³-hybridized carbons (Fsp3) is 0.565. The van der Waals surface area contributed by atoms with Crippen LogP contribution in [0.4, 0.5) is 0 Å². The SMILES string of the molecule is CCCN1CCc2c(c(CN(C(=O)C3CC3)C(C)C)nn2-c2ccccc2)C1. The van der Waals surface area contributed by atoms with Gasteiger partial charge in [-0.15, -0.1) is 0 Å². The van der Waals surface area contributed by atoms with Gasteiger partial charge in [0.1, 0.15) is 0 Å². The Hall–Kier alpha value is -2.14. The molecule has 1 amide bonds. The minimum Gasteiger partial charge on any atom is -0.334 e. The van der Waals surface area contributed by atoms with Crippen LogP contribution in [0.3, 0.4) is 0 Å². The van der Waals surface area contributed by atoms with Gasteiger partial charge in [-0.05, 0) is 51.8 Å². The number of carbonyl (C=O) groups is 1. The molecular formula is C23H32N4O. The number of amides is 1. The van der Waals surface area contributed by atoms with Crippen LogP contribution < -0.4 is 0 Å². The van der Waals surface area contributed by atoms with Gasteiger partial charge in [-0.2, -0.15) is 5.10 Å². The topological polar surface area (TPSA) is 41.4 Å². The maximum absolute atomic E-state index is 12.8. The van der Waals surface area contributed by atoms with Crippen LogP contribution in [-0.4, -0.2) is 44.6 Å². The monoisotopic (exact) mass is 380 g/mol. The second-order valence-corrected chi connectivity index (χ2v) is 8.48. The van der Waals surface area contributed by atoms with Crippen molar-refractivity contribution in [3.8, 4) is 5.69 Å². The second kappa shape index (κ2) is 8.08. The summed E-state index contributed by atoms with van der Waals surface area (Å²) in [6.07, 6.45) is 4.26. The van der Waals surface area contributed by atoms with Gasteiger partial charge in [0.2, 0.25) is 5.91 Å². The van der Waals surface area contributed by atoms with Crippen LogP contribution in [0.5, 0.6) is 0 Å². The third-order valence-electron chi connectivity index (χ3n) is 5.91. The summed E-state index contributed by atoms with van der Waals surface area (Å²) < 4.78 is 2.12. The molecule has 2 heterocycles. The summed E-state index contributed by atoms with van der Waals surface area (Å²) in [6, 6.07) is 10.6. The zero-order chi connectivity index (χ0) is 19.7. The van der Waals surface area contributed by atoms with E-state index in [9.17, 15) is 4.79 Å². The molecule has 1 aliphatic heterocycles. The second-order valence-electron chi connectivity index (χ2n) is 8.48. The van der Waals surface area contributed by atoms with E-state index in [2.05, 4.69) is 54.6 Å². The van der Waals surface area contributed by atoms with Crippen molar-refractivity contribution in [2.45, 2.75) is 65.6 Å². The van der Waals surface area contributed by atoms with E-state index in [1.54, 1.807) is 0 Å². The number of rotatable bonds is 7. The van der Waals surface area contributed by atoms with Gasteiger partial charge in [-0.1, -0.05) is 25.1 Å². The maximum atomic E-state index is 12.8. The van der Waals surface area contributed by atoms with Gasteiger partial charge in [-0.3, -0.25) is 9.69 Å². The highest BCUT2D eigenvalue weighted by Gasteiger charge is 2.35. The highest BCUT2D eigenvalue weighted by molar-refractivity contribution is 5.81. The Morgan fingerprint density at radius 2 is 2.00 bits per heavy atom. The summed E-state index contributed by atoms with van der Waals surface area (Å²) in [6.45, 7) is 10.2. The molecule has 1 fully saturated rings. The Morgan fingerprint density at radius 1 is 1.25 bits per heavy atom. The molecule has 0 atom stereocenters. The Bertz CT molecular complexity index is 823. The molecule has 1 aliphatic carbocycles. The van der Waals surface area contributed by atoms with Gasteiger partial charge < -0.3 is 4.90 Å². The molecule has 28 heavy (non-hydrogen) atoms. The molecule has 0 unspecified atom stereocenters. The van der Waals surface area contributed by atoms with Crippen molar-refractivity contribution in [3.63, 3.8) is 0 Å². The van der Waals surface area contributed by atoms with Crippen molar-refractivity contribution in [2.75, 3.05) is 13.1 Å². The van der Waals surface area contributed by atoms with Crippen LogP contribution in [0.1, 0.15) is 57.0 Å². The molecule has 2 aliphatic rings. The largest absolute Gasteiger partial charge is 0.334 e. The first-order valence-corrected chi connectivity index (χ1v) is 10.8. The van der Waals surface area contributed by atoms with E-state index in [0.717, 1.165) is 56.7 Å². The van der Waals surface area contributed by atoms with Crippen LogP contribution in [0.2, 0.25) is 0 Å². The van der Waals surface area contributed by atoms with Crippen LogP contribution in [-0.2, 0) is 24.3 Å². The van der Waals surface area contributed by atoms with E-state index in [0.29, 0.717) is 12.5 Å². The number of hydrogen-bond donors (Lipinski definition) is 0. The Morgan fingerprint density at radius 3 is 2.64 bits per heavy atom. The minimum absolute atomic E-state index is 0.195. The van der Waals surface area contributed by atoms with Gasteiger partial charge in [0, 0.05) is 37.0 Å². The highest BCUT2D eigenvalue weighted by Crippen LogP contribution is 2.33. The molecule has 0 spiro atoms. The maximum Gasteiger partial charge on any atom is 0.226 e. The summed E-state index contributed by atoms with van der Waals surface area (Å²) in [5, 5.41) is 5.04. The molecule has 5 heteroatoms. The van der Waals surface area contributed by atoms with Crippen LogP contribution in [0.15, 0.2) is 30.3 Å². The first-order chi connectivity index (χ1) is 13.6. The van der Waals surface area contributed by atoms with E-state index in [1.807, 2.05) is 11.0 Å². The molecule has 0 bridgehead atoms. The van der Waals surface area contributed by atoms with Gasteiger partial charge in [0.05, 0.1) is 23.6 Å². The number of aromatic nitrogens is 2. The number of carbonyl (C=O) groups excluding carboxylic acids is 1. The fourth-order valence-corrected chi connectivity index (χ4v) is 4.20. The summed E-state index contributed by atoms with van der Waals surface area (Å²) in [5.41, 5.74) is 4.83. The van der Waals surface area contributed by atoms with Gasteiger partial charge >= 0.3 is 0 Å². The first-order valence-electron chi connectivity index (χ1n) is 10.8. The lowest BCUT2D eigenvalue weighted by Gasteiger charge is -2.29. The third kappa shape index (κ3) is 3.86. The van der Waals surface area contributed by atoms with Crippen LogP contribution in [0, 0.1) is 5.92 Å². The number of fused-ring (bicyclic) bond motifs is 1. The lowest BCUT2D eigenvalue weighted by atomic mass is 10.0. The summed E-state index contributed by atoms with van der Waals surface area (Å²) in [7, 11) is 0. The van der Waals surface area contributed by atoms with Gasteiger partial charge in [0.15, 0.2) is 0 Å². The number of hydrogen-bond acceptors (Lipinski definition) is 3. The number of nitrogens with zero attached hydrogens (tertiary/aromatic N) is 4. The van der Waals surface area contributed by atoms with Gasteiger partial charge in [0.25, 0.3) is 0 Å². The van der Waals surface area contributed by atoms with E-state index < -0.39 is 0 Å². The standard InChI is InChI=1S/C23H32N4O/c1-4-13-25-14-12-22-20(15-25)21(24-27(22)19-8-6-5-7-9-19)16-26(17(2)3)23(28)18-10-11-18/h5-9,17-18H,4,10-16H2,1-3H3. The minimum atomic E-state index is 0.195. The first kappa shape index (κ1) is 19.2. The predicted molar refractivity (Wildman–Crippen MR) is 111 cm³/mol. The van der Waals surface area contributed by atoms with E-state index in [-0.39, 0.29) is 12.0 Å². The molecule has 1 saturated carbocycles. The molecule has 0 N–H and O–H groups in total. The molecule has 2 aromatic rings. The van der Waals surface area contributed by atoms with Crippen LogP contribution >= 0.6 is 0 Å². The van der Waals surface area contributed by atoms with Crippen molar-refractivity contribution < 1.29 is 4.79 Å². The van der Waals surface area contributed by atoms with Gasteiger partial charge in [-0.25, -0.2) is 4.68 Å². The lowest BCUT2D eigenvalue weighted by Crippen LogP contribution is -2.38. The van der Waals surface area contributed by atoms with Crippen molar-refractivity contribution >= 4 is 5.91 Å². The Labute approximate surface area is 168 Å². The zero-order valence-electron chi connectivity index (χ0n) is 17.4. The number of benzene rings is 1. The summed E-state index contributed by atoms with van der Waals surface area (Å²) in [5.74, 6) is 0.547. The molecule has 5 nitrogen and oxygen atoms in total. The summed E-state index contributed by atoms with van der Waals surface area (Å²) in [4.78, 5) is 17.4. The molecule has 4 rings (SSSR count). The fourth-order valence-electron chi connectivity index (χ4n) is 4.20. The molecule has 1 aromatic heterocycles. The number of para-hydroxylation sites is 1. The van der Waals surface area contributed by atoms with Crippen molar-refractivity contribution in [2.24, 2.45) is 5.92 Å². The quantitative estimate of drug-likeness (QED) is 0.734. The summed E-state index contributed by atoms with van der Waals surface area (Å²) >= 11 is 0. The van der Waals surface area contributed by atoms with Crippen LogP contribution in [0.25, 0.3) is 5.69 Å². The third-order valence-corrected chi connectivity index (χ3v) is 5.91. The molecule has 1 aromatic carbocycles. The Kier molecular flexibility index (Phi) is 5.54. The zero-order valence-corrected chi connectivity index (χ0v) is 17.4. The average Bonchev–Trinajstić information content (AvgIpc) is 3.49. The van der Waals surface area contributed by atoms with E-state index in [4.69, 9.17) is 5.10 Å². The normalized spacial score (nSPS) is 17.0. The van der Waals surface area contributed by atoms with E-state index in [1.165, 1.54) is 11.3 Å². The highest BCUT2D eigenvalue weighted by atomic mass is 16.2. The molecule has 150 valence electrons. The molecular weight excluding hydrogens is 348 g/mol. The van der Waals surface area contributed by atoms with Crippen molar-refractivity contribution in [1.82, 2.24) is 19.6 Å². The average molecular weight is 381 g/mol. The Balaban J connectivity index is 1.69. The van der Waals surface area contributed by atoms with Crippen molar-refractivity contribution in [3.05, 3.63) is 47.3 Å². The smallest absolute Gasteiger partial charge is 0.226 e. The van der Waals surface area contributed by atoms with E-state index >= 15 is 0 Å². The molecule has 0 radical (unpaired) electrons. The molecule has 0 saturated heterocycles. The van der Waals surface area contributed by atoms with Crippen molar-refractivity contribution in [1.29, 1.82) is 0 Å². The predicted octanol–water partition coefficient (Wildman–Crippen LogP) is 3.79.